The molecule has 0 bridgehead atoms. The van der Waals surface area contributed by atoms with Crippen molar-refractivity contribution in [3.8, 4) is 0 Å². The van der Waals surface area contributed by atoms with Gasteiger partial charge in [0.25, 0.3) is 0 Å². The van der Waals surface area contributed by atoms with Gasteiger partial charge in [-0.3, -0.25) is 19.2 Å². The Kier molecular flexibility index (Phi) is 40.9. The number of ether oxygens (including phenoxy) is 1. The first-order valence-corrected chi connectivity index (χ1v) is 25.0. The monoisotopic (exact) mass is 838 g/mol. The van der Waals surface area contributed by atoms with E-state index in [2.05, 4.69) is 36.7 Å². The number of rotatable bonds is 44. The first-order chi connectivity index (χ1) is 28.7. The highest BCUT2D eigenvalue weighted by Crippen LogP contribution is 2.17. The smallest absolute Gasteiger partial charge is 0.306 e. The predicted octanol–water partition coefficient (Wildman–Crippen LogP) is 11.1. The minimum absolute atomic E-state index is 0.0146. The number of hydrogen-bond acceptors (Lipinski definition) is 7. The molecule has 0 rings (SSSR count). The fourth-order valence-corrected chi connectivity index (χ4v) is 7.71. The molecule has 10 heteroatoms. The minimum atomic E-state index is -0.714. The van der Waals surface area contributed by atoms with Gasteiger partial charge < -0.3 is 30.9 Å². The van der Waals surface area contributed by atoms with E-state index in [1.807, 2.05) is 6.92 Å². The summed E-state index contributed by atoms with van der Waals surface area (Å²) < 4.78 is 5.88. The average molecular weight is 838 g/mol. The molecule has 0 aromatic carbocycles. The van der Waals surface area contributed by atoms with Crippen molar-refractivity contribution in [1.29, 1.82) is 0 Å². The first kappa shape index (κ1) is 56.8. The highest BCUT2D eigenvalue weighted by molar-refractivity contribution is 5.87. The Morgan fingerprint density at radius 2 is 0.949 bits per heavy atom. The van der Waals surface area contributed by atoms with Crippen LogP contribution in [0.3, 0.4) is 0 Å². The summed E-state index contributed by atoms with van der Waals surface area (Å²) in [6.07, 6.45) is 33.9. The lowest BCUT2D eigenvalue weighted by Crippen LogP contribution is -2.47. The number of aliphatic hydroxyl groups excluding tert-OH is 2. The van der Waals surface area contributed by atoms with Crippen LogP contribution in [-0.4, -0.2) is 71.3 Å². The van der Waals surface area contributed by atoms with Crippen molar-refractivity contribution >= 4 is 23.7 Å². The van der Waals surface area contributed by atoms with E-state index in [1.165, 1.54) is 116 Å². The summed E-state index contributed by atoms with van der Waals surface area (Å²) in [5.41, 5.74) is 0. The van der Waals surface area contributed by atoms with Crippen LogP contribution in [0.2, 0.25) is 0 Å². The zero-order valence-corrected chi connectivity index (χ0v) is 38.9. The standard InChI is InChI=1S/C49H95N3O7/c1-5-9-12-15-18-21-24-27-30-35-43(54)39-46(55)51-42(41-53)34-33-38-50-49(58)45(8-4)52-47(56)40-44(36-31-28-25-22-19-16-13-10-6-2)59-48(57)37-32-29-26-23-20-17-14-11-7-3/h42-45,53-54H,5-41H2,1-4H3,(H,50,58)(H,51,55)(H,52,56)/t42-,43-,44-,45?/m1/s1. The number of nitrogens with one attached hydrogen (secondary N) is 3. The van der Waals surface area contributed by atoms with Crippen LogP contribution >= 0.6 is 0 Å². The van der Waals surface area contributed by atoms with Gasteiger partial charge in [0.2, 0.25) is 17.7 Å². The van der Waals surface area contributed by atoms with E-state index in [9.17, 15) is 29.4 Å². The lowest BCUT2D eigenvalue weighted by molar-refractivity contribution is -0.151. The summed E-state index contributed by atoms with van der Waals surface area (Å²) in [5, 5.41) is 28.8. The highest BCUT2D eigenvalue weighted by Gasteiger charge is 2.23. The summed E-state index contributed by atoms with van der Waals surface area (Å²) >= 11 is 0. The molecule has 0 aliphatic rings. The lowest BCUT2D eigenvalue weighted by atomic mass is 10.0. The van der Waals surface area contributed by atoms with Gasteiger partial charge in [0.1, 0.15) is 12.1 Å². The normalized spacial score (nSPS) is 13.4. The van der Waals surface area contributed by atoms with E-state index in [0.717, 1.165) is 57.8 Å². The number of hydrogen-bond donors (Lipinski definition) is 5. The van der Waals surface area contributed by atoms with Crippen LogP contribution < -0.4 is 16.0 Å². The number of carbonyl (C=O) groups excluding carboxylic acids is 4. The summed E-state index contributed by atoms with van der Waals surface area (Å²) in [7, 11) is 0. The predicted molar refractivity (Wildman–Crippen MR) is 244 cm³/mol. The molecule has 0 fully saturated rings. The van der Waals surface area contributed by atoms with Crippen LogP contribution in [0.1, 0.15) is 252 Å². The van der Waals surface area contributed by atoms with E-state index in [0.29, 0.717) is 45.1 Å². The van der Waals surface area contributed by atoms with Crippen molar-refractivity contribution in [2.24, 2.45) is 0 Å². The van der Waals surface area contributed by atoms with Crippen molar-refractivity contribution in [2.75, 3.05) is 13.2 Å². The minimum Gasteiger partial charge on any atom is -0.462 e. The molecule has 10 nitrogen and oxygen atoms in total. The van der Waals surface area contributed by atoms with E-state index in [4.69, 9.17) is 4.74 Å². The van der Waals surface area contributed by atoms with E-state index >= 15 is 0 Å². The maximum absolute atomic E-state index is 13.2. The Balaban J connectivity index is 4.67. The van der Waals surface area contributed by atoms with Gasteiger partial charge in [-0.1, -0.05) is 188 Å². The van der Waals surface area contributed by atoms with Crippen molar-refractivity contribution in [3.63, 3.8) is 0 Å². The van der Waals surface area contributed by atoms with E-state index in [-0.39, 0.29) is 43.1 Å². The molecule has 0 aliphatic carbocycles. The maximum Gasteiger partial charge on any atom is 0.306 e. The number of unbranched alkanes of at least 4 members (excludes halogenated alkanes) is 24. The molecule has 0 saturated heterocycles. The van der Waals surface area contributed by atoms with Crippen molar-refractivity contribution in [2.45, 2.75) is 277 Å². The number of esters is 1. The summed E-state index contributed by atoms with van der Waals surface area (Å²) in [5.74, 6) is -1.11. The fourth-order valence-electron chi connectivity index (χ4n) is 7.71. The largest absolute Gasteiger partial charge is 0.462 e. The molecule has 0 radical (unpaired) electrons. The third-order valence-corrected chi connectivity index (χ3v) is 11.6. The van der Waals surface area contributed by atoms with Gasteiger partial charge in [-0.15, -0.1) is 0 Å². The Labute approximate surface area is 362 Å². The van der Waals surface area contributed by atoms with Crippen LogP contribution in [0.15, 0.2) is 0 Å². The molecule has 0 heterocycles. The van der Waals surface area contributed by atoms with Gasteiger partial charge in [-0.2, -0.15) is 0 Å². The van der Waals surface area contributed by atoms with Crippen molar-refractivity contribution in [3.05, 3.63) is 0 Å². The van der Waals surface area contributed by atoms with Crippen LogP contribution in [-0.2, 0) is 23.9 Å². The zero-order valence-electron chi connectivity index (χ0n) is 38.9. The van der Waals surface area contributed by atoms with Gasteiger partial charge in [0.05, 0.1) is 31.6 Å². The van der Waals surface area contributed by atoms with E-state index in [1.54, 1.807) is 0 Å². The molecule has 0 aromatic rings. The van der Waals surface area contributed by atoms with Gasteiger partial charge in [-0.25, -0.2) is 0 Å². The molecule has 0 aliphatic heterocycles. The quantitative estimate of drug-likeness (QED) is 0.0302. The van der Waals surface area contributed by atoms with Crippen LogP contribution in [0.25, 0.3) is 0 Å². The molecular weight excluding hydrogens is 743 g/mol. The number of aliphatic hydroxyl groups is 2. The van der Waals surface area contributed by atoms with Crippen LogP contribution in [0.4, 0.5) is 0 Å². The second-order valence-corrected chi connectivity index (χ2v) is 17.4. The SMILES string of the molecule is CCCCCCCCCCCC(=O)O[C@H](CCCCCCCCCCC)CC(=O)NC(CC)C(=O)NCCC[C@H](CO)NC(=O)C[C@H](O)CCCCCCCCCCC. The number of amides is 3. The highest BCUT2D eigenvalue weighted by atomic mass is 16.5. The Morgan fingerprint density at radius 3 is 1.42 bits per heavy atom. The Morgan fingerprint density at radius 1 is 0.508 bits per heavy atom. The third kappa shape index (κ3) is 37.3. The molecule has 0 aromatic heterocycles. The molecule has 4 atom stereocenters. The molecular formula is C49H95N3O7. The summed E-state index contributed by atoms with van der Waals surface area (Å²) in [6, 6.07) is -1.18. The van der Waals surface area contributed by atoms with Crippen LogP contribution in [0.5, 0.6) is 0 Å². The molecule has 1 unspecified atom stereocenters. The fraction of sp³-hybridized carbons (Fsp3) is 0.918. The molecule has 3 amide bonds. The molecule has 348 valence electrons. The second-order valence-electron chi connectivity index (χ2n) is 17.4. The lowest BCUT2D eigenvalue weighted by Gasteiger charge is -2.21. The molecule has 59 heavy (non-hydrogen) atoms. The number of carbonyl (C=O) groups is 4. The summed E-state index contributed by atoms with van der Waals surface area (Å²) in [4.78, 5) is 51.6. The topological polar surface area (TPSA) is 154 Å². The van der Waals surface area contributed by atoms with Gasteiger partial charge in [0.15, 0.2) is 0 Å². The Hall–Kier alpha value is -2.20. The van der Waals surface area contributed by atoms with Gasteiger partial charge in [-0.05, 0) is 44.9 Å². The molecule has 5 N–H and O–H groups in total. The van der Waals surface area contributed by atoms with Crippen LogP contribution in [0, 0.1) is 0 Å². The molecule has 0 saturated carbocycles. The zero-order chi connectivity index (χ0) is 43.6. The Bertz CT molecular complexity index is 997. The van der Waals surface area contributed by atoms with E-state index < -0.39 is 24.3 Å². The maximum atomic E-state index is 13.2. The third-order valence-electron chi connectivity index (χ3n) is 11.6. The van der Waals surface area contributed by atoms with Gasteiger partial charge in [0, 0.05) is 13.0 Å². The van der Waals surface area contributed by atoms with Gasteiger partial charge >= 0.3 is 5.97 Å². The van der Waals surface area contributed by atoms with Crippen molar-refractivity contribution < 1.29 is 34.1 Å². The average Bonchev–Trinajstić information content (AvgIpc) is 3.21. The first-order valence-electron chi connectivity index (χ1n) is 25.0. The summed E-state index contributed by atoms with van der Waals surface area (Å²) in [6.45, 7) is 8.63. The van der Waals surface area contributed by atoms with Crippen molar-refractivity contribution in [1.82, 2.24) is 16.0 Å². The molecule has 0 spiro atoms. The second kappa shape index (κ2) is 42.5.